The van der Waals surface area contributed by atoms with E-state index in [1.54, 1.807) is 24.3 Å². The lowest BCUT2D eigenvalue weighted by Crippen LogP contribution is -2.42. The van der Waals surface area contributed by atoms with Gasteiger partial charge in [-0.2, -0.15) is 0 Å². The van der Waals surface area contributed by atoms with Crippen molar-refractivity contribution in [2.45, 2.75) is 32.2 Å². The zero-order valence-electron chi connectivity index (χ0n) is 10.1. The van der Waals surface area contributed by atoms with Crippen molar-refractivity contribution in [3.63, 3.8) is 0 Å². The van der Waals surface area contributed by atoms with Crippen LogP contribution >= 0.6 is 11.6 Å². The summed E-state index contributed by atoms with van der Waals surface area (Å²) >= 11 is 5.97. The molecular formula is C13H16ClNO3. The lowest BCUT2D eigenvalue weighted by molar-refractivity contribution is -0.141. The van der Waals surface area contributed by atoms with E-state index in [2.05, 4.69) is 5.32 Å². The molecule has 0 aliphatic heterocycles. The molecule has 0 saturated carbocycles. The third-order valence-corrected chi connectivity index (χ3v) is 2.86. The summed E-state index contributed by atoms with van der Waals surface area (Å²) in [5, 5.41) is 12.1. The Labute approximate surface area is 111 Å². The molecule has 98 valence electrons. The number of hydrogen-bond acceptors (Lipinski definition) is 2. The van der Waals surface area contributed by atoms with E-state index in [1.807, 2.05) is 6.92 Å². The number of rotatable bonds is 6. The van der Waals surface area contributed by atoms with Crippen molar-refractivity contribution >= 4 is 23.5 Å². The van der Waals surface area contributed by atoms with E-state index in [4.69, 9.17) is 16.7 Å². The van der Waals surface area contributed by atoms with Gasteiger partial charge in [-0.05, 0) is 18.1 Å². The van der Waals surface area contributed by atoms with Gasteiger partial charge in [0, 0.05) is 17.9 Å². The normalized spacial score (nSPS) is 11.9. The standard InChI is InChI=1S/C13H16ClNO3/c1-2-5-12(16)15-11(13(17)18)8-9-6-3-4-7-10(9)14/h3-4,6-7,11H,2,5,8H2,1H3,(H,15,16)(H,17,18). The van der Waals surface area contributed by atoms with E-state index in [0.717, 1.165) is 0 Å². The first-order valence-electron chi connectivity index (χ1n) is 5.80. The molecule has 1 aromatic carbocycles. The van der Waals surface area contributed by atoms with Gasteiger partial charge in [-0.15, -0.1) is 0 Å². The lowest BCUT2D eigenvalue weighted by atomic mass is 10.1. The topological polar surface area (TPSA) is 66.4 Å². The maximum absolute atomic E-state index is 11.4. The Kier molecular flexibility index (Phi) is 5.65. The molecule has 1 atom stereocenters. The quantitative estimate of drug-likeness (QED) is 0.832. The number of benzene rings is 1. The van der Waals surface area contributed by atoms with Crippen LogP contribution in [0.1, 0.15) is 25.3 Å². The molecule has 0 aliphatic rings. The van der Waals surface area contributed by atoms with E-state index in [0.29, 0.717) is 23.4 Å². The van der Waals surface area contributed by atoms with Gasteiger partial charge in [0.25, 0.3) is 0 Å². The summed E-state index contributed by atoms with van der Waals surface area (Å²) in [6, 6.07) is 6.07. The second-order valence-electron chi connectivity index (χ2n) is 4.00. The van der Waals surface area contributed by atoms with Gasteiger partial charge in [-0.3, -0.25) is 4.79 Å². The third kappa shape index (κ3) is 4.37. The highest BCUT2D eigenvalue weighted by Crippen LogP contribution is 2.16. The number of nitrogens with one attached hydrogen (secondary N) is 1. The molecule has 5 heteroatoms. The Hall–Kier alpha value is -1.55. The second-order valence-corrected chi connectivity index (χ2v) is 4.41. The molecule has 0 saturated heterocycles. The smallest absolute Gasteiger partial charge is 0.326 e. The molecular weight excluding hydrogens is 254 g/mol. The van der Waals surface area contributed by atoms with Gasteiger partial charge in [-0.25, -0.2) is 4.79 Å². The zero-order valence-corrected chi connectivity index (χ0v) is 10.9. The Balaban J connectivity index is 2.72. The molecule has 0 spiro atoms. The second kappa shape index (κ2) is 7.01. The van der Waals surface area contributed by atoms with Crippen LogP contribution < -0.4 is 5.32 Å². The number of hydrogen-bond donors (Lipinski definition) is 2. The first kappa shape index (κ1) is 14.5. The molecule has 1 unspecified atom stereocenters. The minimum Gasteiger partial charge on any atom is -0.480 e. The first-order chi connectivity index (χ1) is 8.54. The molecule has 4 nitrogen and oxygen atoms in total. The molecule has 1 aromatic rings. The van der Waals surface area contributed by atoms with Crippen molar-refractivity contribution in [1.29, 1.82) is 0 Å². The highest BCUT2D eigenvalue weighted by Gasteiger charge is 2.20. The number of carboxylic acids is 1. The lowest BCUT2D eigenvalue weighted by Gasteiger charge is -2.15. The fourth-order valence-electron chi connectivity index (χ4n) is 1.58. The van der Waals surface area contributed by atoms with E-state index >= 15 is 0 Å². The predicted molar refractivity (Wildman–Crippen MR) is 69.6 cm³/mol. The number of carbonyl (C=O) groups excluding carboxylic acids is 1. The summed E-state index contributed by atoms with van der Waals surface area (Å²) in [4.78, 5) is 22.5. The fraction of sp³-hybridized carbons (Fsp3) is 0.385. The van der Waals surface area contributed by atoms with Crippen LogP contribution in [0.5, 0.6) is 0 Å². The van der Waals surface area contributed by atoms with Crippen LogP contribution in [0, 0.1) is 0 Å². The fourth-order valence-corrected chi connectivity index (χ4v) is 1.79. The van der Waals surface area contributed by atoms with Gasteiger partial charge in [0.1, 0.15) is 6.04 Å². The summed E-state index contributed by atoms with van der Waals surface area (Å²) < 4.78 is 0. The Morgan fingerprint density at radius 1 is 1.39 bits per heavy atom. The van der Waals surface area contributed by atoms with E-state index in [1.165, 1.54) is 0 Å². The number of aliphatic carboxylic acids is 1. The van der Waals surface area contributed by atoms with Gasteiger partial charge in [0.05, 0.1) is 0 Å². The van der Waals surface area contributed by atoms with Crippen LogP contribution in [0.2, 0.25) is 5.02 Å². The molecule has 1 amide bonds. The maximum atomic E-state index is 11.4. The summed E-state index contributed by atoms with van der Waals surface area (Å²) in [6.07, 6.45) is 1.20. The Morgan fingerprint density at radius 3 is 2.61 bits per heavy atom. The maximum Gasteiger partial charge on any atom is 0.326 e. The molecule has 0 fully saturated rings. The summed E-state index contributed by atoms with van der Waals surface area (Å²) in [6.45, 7) is 1.86. The van der Waals surface area contributed by atoms with Crippen LogP contribution in [0.4, 0.5) is 0 Å². The predicted octanol–water partition coefficient (Wildman–Crippen LogP) is 2.25. The van der Waals surface area contributed by atoms with Crippen molar-refractivity contribution < 1.29 is 14.7 Å². The average molecular weight is 270 g/mol. The van der Waals surface area contributed by atoms with Crippen LogP contribution in [0.3, 0.4) is 0 Å². The van der Waals surface area contributed by atoms with Crippen molar-refractivity contribution in [1.82, 2.24) is 5.32 Å². The number of halogens is 1. The minimum atomic E-state index is -1.06. The SMILES string of the molecule is CCCC(=O)NC(Cc1ccccc1Cl)C(=O)O. The van der Waals surface area contributed by atoms with Crippen LogP contribution in [0.25, 0.3) is 0 Å². The number of carbonyl (C=O) groups is 2. The molecule has 0 aliphatic carbocycles. The molecule has 0 heterocycles. The van der Waals surface area contributed by atoms with E-state index in [9.17, 15) is 9.59 Å². The van der Waals surface area contributed by atoms with Crippen LogP contribution in [-0.2, 0) is 16.0 Å². The average Bonchev–Trinajstić information content (AvgIpc) is 2.31. The zero-order chi connectivity index (χ0) is 13.5. The summed E-state index contributed by atoms with van der Waals surface area (Å²) in [7, 11) is 0. The largest absolute Gasteiger partial charge is 0.480 e. The van der Waals surface area contributed by atoms with Crippen molar-refractivity contribution in [2.24, 2.45) is 0 Å². The first-order valence-corrected chi connectivity index (χ1v) is 6.18. The highest BCUT2D eigenvalue weighted by molar-refractivity contribution is 6.31. The molecule has 1 rings (SSSR count). The van der Waals surface area contributed by atoms with E-state index in [-0.39, 0.29) is 12.3 Å². The van der Waals surface area contributed by atoms with Crippen molar-refractivity contribution in [3.8, 4) is 0 Å². The van der Waals surface area contributed by atoms with Gasteiger partial charge >= 0.3 is 5.97 Å². The van der Waals surface area contributed by atoms with Gasteiger partial charge in [0.2, 0.25) is 5.91 Å². The summed E-state index contributed by atoms with van der Waals surface area (Å²) in [5.74, 6) is -1.31. The number of amides is 1. The Bertz CT molecular complexity index is 434. The van der Waals surface area contributed by atoms with Crippen LogP contribution in [0.15, 0.2) is 24.3 Å². The van der Waals surface area contributed by atoms with Gasteiger partial charge < -0.3 is 10.4 Å². The summed E-state index contributed by atoms with van der Waals surface area (Å²) in [5.41, 5.74) is 0.711. The molecule has 0 aromatic heterocycles. The highest BCUT2D eigenvalue weighted by atomic mass is 35.5. The molecule has 2 N–H and O–H groups in total. The Morgan fingerprint density at radius 2 is 2.06 bits per heavy atom. The van der Waals surface area contributed by atoms with Crippen LogP contribution in [-0.4, -0.2) is 23.0 Å². The molecule has 0 bridgehead atoms. The third-order valence-electron chi connectivity index (χ3n) is 2.49. The number of carboxylic acid groups (broad SMARTS) is 1. The van der Waals surface area contributed by atoms with Gasteiger partial charge in [-0.1, -0.05) is 36.7 Å². The van der Waals surface area contributed by atoms with E-state index < -0.39 is 12.0 Å². The minimum absolute atomic E-state index is 0.185. The van der Waals surface area contributed by atoms with Crippen molar-refractivity contribution in [2.75, 3.05) is 0 Å². The monoisotopic (exact) mass is 269 g/mol. The van der Waals surface area contributed by atoms with Crippen molar-refractivity contribution in [3.05, 3.63) is 34.9 Å². The molecule has 0 radical (unpaired) electrons. The van der Waals surface area contributed by atoms with Gasteiger partial charge in [0.15, 0.2) is 0 Å². The molecule has 18 heavy (non-hydrogen) atoms.